The highest BCUT2D eigenvalue weighted by Crippen LogP contribution is 1.99. The van der Waals surface area contributed by atoms with Gasteiger partial charge in [0.15, 0.2) is 0 Å². The van der Waals surface area contributed by atoms with E-state index in [9.17, 15) is 4.79 Å². The number of rotatable bonds is 6. The van der Waals surface area contributed by atoms with Crippen LogP contribution in [0, 0.1) is 0 Å². The summed E-state index contributed by atoms with van der Waals surface area (Å²) in [6.45, 7) is 5.87. The van der Waals surface area contributed by atoms with Crippen molar-refractivity contribution >= 4 is 11.8 Å². The molecule has 0 aliphatic rings. The van der Waals surface area contributed by atoms with Gasteiger partial charge in [0, 0.05) is 31.2 Å². The Balaban J connectivity index is 2.56. The van der Waals surface area contributed by atoms with Crippen LogP contribution in [0.25, 0.3) is 0 Å². The zero-order valence-electron chi connectivity index (χ0n) is 8.90. The van der Waals surface area contributed by atoms with Crippen molar-refractivity contribution in [3.05, 3.63) is 22.9 Å². The summed E-state index contributed by atoms with van der Waals surface area (Å²) in [5.41, 5.74) is 0.128. The minimum Gasteiger partial charge on any atom is -0.299 e. The molecule has 0 fully saturated rings. The smallest absolute Gasteiger partial charge is 0.299 e. The minimum absolute atomic E-state index is 0.128. The summed E-state index contributed by atoms with van der Waals surface area (Å²) in [4.78, 5) is 11.7. The fourth-order valence-corrected chi connectivity index (χ4v) is 1.96. The van der Waals surface area contributed by atoms with Crippen molar-refractivity contribution in [2.75, 3.05) is 11.5 Å². The summed E-state index contributed by atoms with van der Waals surface area (Å²) in [6.07, 6.45) is 4.77. The molecule has 0 radical (unpaired) electrons. The number of thioether (sulfide) groups is 1. The average Bonchev–Trinajstić information content (AvgIpc) is 2.51. The van der Waals surface area contributed by atoms with E-state index in [2.05, 4.69) is 13.8 Å². The maximum atomic E-state index is 11.7. The molecule has 0 N–H and O–H groups in total. The Morgan fingerprint density at radius 2 is 1.86 bits per heavy atom. The molecule has 0 spiro atoms. The lowest BCUT2D eigenvalue weighted by Gasteiger charge is -2.00. The van der Waals surface area contributed by atoms with E-state index < -0.39 is 0 Å². The van der Waals surface area contributed by atoms with E-state index in [4.69, 9.17) is 0 Å². The van der Waals surface area contributed by atoms with Gasteiger partial charge in [-0.3, -0.25) is 9.13 Å². The van der Waals surface area contributed by atoms with Gasteiger partial charge in [-0.05, 0) is 12.2 Å². The highest BCUT2D eigenvalue weighted by molar-refractivity contribution is 7.99. The largest absolute Gasteiger partial charge is 0.328 e. The van der Waals surface area contributed by atoms with Gasteiger partial charge in [-0.2, -0.15) is 11.8 Å². The fraction of sp³-hybridized carbons (Fsp3) is 0.700. The lowest BCUT2D eigenvalue weighted by atomic mass is 10.5. The van der Waals surface area contributed by atoms with Gasteiger partial charge >= 0.3 is 5.69 Å². The molecule has 1 heterocycles. The van der Waals surface area contributed by atoms with Crippen LogP contribution in [0.5, 0.6) is 0 Å². The van der Waals surface area contributed by atoms with E-state index >= 15 is 0 Å². The van der Waals surface area contributed by atoms with Gasteiger partial charge in [0.1, 0.15) is 0 Å². The quantitative estimate of drug-likeness (QED) is 0.675. The monoisotopic (exact) mass is 214 g/mol. The van der Waals surface area contributed by atoms with E-state index in [1.807, 2.05) is 24.2 Å². The first-order chi connectivity index (χ1) is 6.79. The fourth-order valence-electron chi connectivity index (χ4n) is 1.34. The number of hydrogen-bond acceptors (Lipinski definition) is 2. The summed E-state index contributed by atoms with van der Waals surface area (Å²) in [5, 5.41) is 0. The Kier molecular flexibility index (Phi) is 4.87. The predicted octanol–water partition coefficient (Wildman–Crippen LogP) is 1.81. The molecular formula is C10H18N2OS. The maximum Gasteiger partial charge on any atom is 0.328 e. The molecule has 80 valence electrons. The Morgan fingerprint density at radius 1 is 1.21 bits per heavy atom. The first kappa shape index (κ1) is 11.4. The first-order valence-corrected chi connectivity index (χ1v) is 6.28. The third-order valence-electron chi connectivity index (χ3n) is 2.06. The van der Waals surface area contributed by atoms with Crippen LogP contribution in [0.1, 0.15) is 20.3 Å². The molecule has 1 rings (SSSR count). The van der Waals surface area contributed by atoms with Gasteiger partial charge in [0.05, 0.1) is 0 Å². The Hall–Kier alpha value is -0.640. The molecule has 0 atom stereocenters. The van der Waals surface area contributed by atoms with Crippen LogP contribution in [-0.4, -0.2) is 20.6 Å². The Labute approximate surface area is 89.1 Å². The van der Waals surface area contributed by atoms with Crippen molar-refractivity contribution in [2.45, 2.75) is 33.4 Å². The molecular weight excluding hydrogens is 196 g/mol. The molecule has 1 aromatic heterocycles. The second-order valence-electron chi connectivity index (χ2n) is 3.16. The Morgan fingerprint density at radius 3 is 2.43 bits per heavy atom. The summed E-state index contributed by atoms with van der Waals surface area (Å²) < 4.78 is 3.56. The lowest BCUT2D eigenvalue weighted by Crippen LogP contribution is -2.24. The van der Waals surface area contributed by atoms with Crippen molar-refractivity contribution in [1.82, 2.24) is 9.13 Å². The predicted molar refractivity (Wildman–Crippen MR) is 62.0 cm³/mol. The third-order valence-corrected chi connectivity index (χ3v) is 2.94. The molecule has 3 nitrogen and oxygen atoms in total. The molecule has 14 heavy (non-hydrogen) atoms. The second-order valence-corrected chi connectivity index (χ2v) is 4.56. The summed E-state index contributed by atoms with van der Waals surface area (Å²) in [6, 6.07) is 0. The van der Waals surface area contributed by atoms with Crippen LogP contribution >= 0.6 is 11.8 Å². The lowest BCUT2D eigenvalue weighted by molar-refractivity contribution is 0.619. The number of imidazole rings is 1. The molecule has 4 heteroatoms. The molecule has 0 aliphatic carbocycles. The standard InChI is InChI=1S/C10H18N2OS/c1-3-5-11-6-7-12(10(11)13)8-9-14-4-2/h6-7H,3-5,8-9H2,1-2H3. The first-order valence-electron chi connectivity index (χ1n) is 5.13. The van der Waals surface area contributed by atoms with Gasteiger partial charge < -0.3 is 0 Å². The van der Waals surface area contributed by atoms with Gasteiger partial charge in [-0.15, -0.1) is 0 Å². The van der Waals surface area contributed by atoms with Crippen LogP contribution in [0.3, 0.4) is 0 Å². The van der Waals surface area contributed by atoms with Crippen molar-refractivity contribution in [3.8, 4) is 0 Å². The summed E-state index contributed by atoms with van der Waals surface area (Å²) in [5.74, 6) is 2.14. The molecule has 0 unspecified atom stereocenters. The molecule has 0 aromatic carbocycles. The summed E-state index contributed by atoms with van der Waals surface area (Å²) >= 11 is 1.87. The molecule has 0 saturated carbocycles. The Bertz CT molecular complexity index is 316. The van der Waals surface area contributed by atoms with Gasteiger partial charge in [-0.25, -0.2) is 4.79 Å². The average molecular weight is 214 g/mol. The van der Waals surface area contributed by atoms with Crippen LogP contribution < -0.4 is 5.69 Å². The number of hydrogen-bond donors (Lipinski definition) is 0. The van der Waals surface area contributed by atoms with Crippen LogP contribution in [0.2, 0.25) is 0 Å². The van der Waals surface area contributed by atoms with Crippen molar-refractivity contribution in [1.29, 1.82) is 0 Å². The normalized spacial score (nSPS) is 10.7. The highest BCUT2D eigenvalue weighted by Gasteiger charge is 2.00. The molecule has 1 aromatic rings. The summed E-state index contributed by atoms with van der Waals surface area (Å²) in [7, 11) is 0. The highest BCUT2D eigenvalue weighted by atomic mass is 32.2. The van der Waals surface area contributed by atoms with Crippen LogP contribution in [0.15, 0.2) is 17.2 Å². The van der Waals surface area contributed by atoms with E-state index in [-0.39, 0.29) is 5.69 Å². The van der Waals surface area contributed by atoms with E-state index in [1.54, 1.807) is 9.13 Å². The van der Waals surface area contributed by atoms with E-state index in [1.165, 1.54) is 0 Å². The van der Waals surface area contributed by atoms with E-state index in [0.717, 1.165) is 31.0 Å². The molecule has 0 amide bonds. The minimum atomic E-state index is 0.128. The number of nitrogens with zero attached hydrogens (tertiary/aromatic N) is 2. The SMILES string of the molecule is CCCn1ccn(CCSCC)c1=O. The van der Waals surface area contributed by atoms with Crippen molar-refractivity contribution < 1.29 is 0 Å². The molecule has 0 saturated heterocycles. The topological polar surface area (TPSA) is 26.9 Å². The zero-order valence-corrected chi connectivity index (χ0v) is 9.72. The number of aromatic nitrogens is 2. The van der Waals surface area contributed by atoms with Gasteiger partial charge in [0.2, 0.25) is 0 Å². The second kappa shape index (κ2) is 5.96. The molecule has 0 bridgehead atoms. The van der Waals surface area contributed by atoms with Crippen LogP contribution in [-0.2, 0) is 13.1 Å². The van der Waals surface area contributed by atoms with Crippen LogP contribution in [0.4, 0.5) is 0 Å². The zero-order chi connectivity index (χ0) is 10.4. The van der Waals surface area contributed by atoms with Gasteiger partial charge in [0.25, 0.3) is 0 Å². The van der Waals surface area contributed by atoms with Crippen molar-refractivity contribution in [2.24, 2.45) is 0 Å². The molecule has 0 aliphatic heterocycles. The van der Waals surface area contributed by atoms with Crippen molar-refractivity contribution in [3.63, 3.8) is 0 Å². The maximum absolute atomic E-state index is 11.7. The van der Waals surface area contributed by atoms with E-state index in [0.29, 0.717) is 0 Å². The van der Waals surface area contributed by atoms with Gasteiger partial charge in [-0.1, -0.05) is 13.8 Å². The third kappa shape index (κ3) is 2.94. The number of aryl methyl sites for hydroxylation is 2.